The first kappa shape index (κ1) is 15.1. The van der Waals surface area contributed by atoms with Crippen molar-refractivity contribution < 1.29 is 10.1 Å². The smallest absolute Gasteiger partial charge is 0.265 e. The Labute approximate surface area is 119 Å². The molecule has 0 radical (unpaired) electrons. The van der Waals surface area contributed by atoms with Crippen molar-refractivity contribution in [2.75, 3.05) is 0 Å². The summed E-state index contributed by atoms with van der Waals surface area (Å²) in [5.74, 6) is -0.228. The summed E-state index contributed by atoms with van der Waals surface area (Å²) in [4.78, 5) is 12.4. The van der Waals surface area contributed by atoms with Crippen LogP contribution in [0.2, 0.25) is 0 Å². The van der Waals surface area contributed by atoms with E-state index in [1.165, 1.54) is 11.3 Å². The highest BCUT2D eigenvalue weighted by Gasteiger charge is 2.38. The lowest BCUT2D eigenvalue weighted by molar-refractivity contribution is -0.717. The van der Waals surface area contributed by atoms with Gasteiger partial charge in [-0.05, 0) is 25.3 Å². The van der Waals surface area contributed by atoms with Crippen molar-refractivity contribution in [3.8, 4) is 0 Å². The molecule has 0 unspecified atom stereocenters. The molecule has 0 saturated carbocycles. The van der Waals surface area contributed by atoms with E-state index in [4.69, 9.17) is 34.8 Å². The molecular weight excluding hydrogens is 303 g/mol. The molecule has 1 amide bonds. The van der Waals surface area contributed by atoms with Crippen LogP contribution in [-0.4, -0.2) is 21.9 Å². The minimum absolute atomic E-state index is 0.208. The van der Waals surface area contributed by atoms with Gasteiger partial charge >= 0.3 is 0 Å². The monoisotopic (exact) mass is 315 g/mol. The predicted molar refractivity (Wildman–Crippen MR) is 72.9 cm³/mol. The van der Waals surface area contributed by atoms with Crippen molar-refractivity contribution in [2.24, 2.45) is 0 Å². The minimum Gasteiger partial charge on any atom is -0.321 e. The number of nitrogens with two attached hydrogens (primary N) is 1. The van der Waals surface area contributed by atoms with Crippen molar-refractivity contribution in [3.63, 3.8) is 0 Å². The summed E-state index contributed by atoms with van der Waals surface area (Å²) in [6.45, 7) is 3.92. The van der Waals surface area contributed by atoms with Crippen molar-refractivity contribution in [3.05, 3.63) is 22.4 Å². The first-order valence-electron chi connectivity index (χ1n) is 5.06. The van der Waals surface area contributed by atoms with Crippen molar-refractivity contribution in [1.29, 1.82) is 0 Å². The normalized spacial score (nSPS) is 13.8. The third-order valence-electron chi connectivity index (χ3n) is 1.96. The zero-order chi connectivity index (χ0) is 13.1. The Bertz CT molecular complexity index is 362. The summed E-state index contributed by atoms with van der Waals surface area (Å²) in [5.41, 5.74) is 0. The maximum absolute atomic E-state index is 11.8. The Hall–Kier alpha value is -0.000000000000000111. The first-order chi connectivity index (χ1) is 7.80. The molecule has 0 aliphatic heterocycles. The zero-order valence-electron chi connectivity index (χ0n) is 9.41. The van der Waals surface area contributed by atoms with Crippen LogP contribution in [0.25, 0.3) is 0 Å². The lowest BCUT2D eigenvalue weighted by atomic mass is 10.3. The second-order valence-electron chi connectivity index (χ2n) is 3.91. The molecule has 3 nitrogen and oxygen atoms in total. The van der Waals surface area contributed by atoms with Crippen LogP contribution in [0.4, 0.5) is 0 Å². The third-order valence-corrected chi connectivity index (χ3v) is 3.54. The molecule has 0 saturated heterocycles. The number of amides is 1. The molecule has 0 aromatic carbocycles. The largest absolute Gasteiger partial charge is 0.321 e. The number of quaternary nitrogens is 1. The molecule has 1 atom stereocenters. The van der Waals surface area contributed by atoms with Crippen LogP contribution in [0.5, 0.6) is 0 Å². The summed E-state index contributed by atoms with van der Waals surface area (Å²) >= 11 is 18.9. The van der Waals surface area contributed by atoms with Gasteiger partial charge in [0.2, 0.25) is 6.17 Å². The van der Waals surface area contributed by atoms with E-state index in [0.29, 0.717) is 4.88 Å². The lowest BCUT2D eigenvalue weighted by Gasteiger charge is -2.24. The third kappa shape index (κ3) is 5.02. The summed E-state index contributed by atoms with van der Waals surface area (Å²) < 4.78 is -1.54. The first-order valence-corrected chi connectivity index (χ1v) is 7.08. The highest BCUT2D eigenvalue weighted by Crippen LogP contribution is 2.27. The fourth-order valence-electron chi connectivity index (χ4n) is 1.24. The molecular formula is C10H14Cl3N2OS+. The predicted octanol–water partition coefficient (Wildman–Crippen LogP) is 2.15. The fourth-order valence-corrected chi connectivity index (χ4v) is 2.25. The number of alkyl halides is 3. The Morgan fingerprint density at radius 1 is 1.47 bits per heavy atom. The van der Waals surface area contributed by atoms with Gasteiger partial charge in [0.1, 0.15) is 0 Å². The number of carbonyl (C=O) groups is 1. The van der Waals surface area contributed by atoms with Crippen molar-refractivity contribution >= 4 is 52.0 Å². The van der Waals surface area contributed by atoms with E-state index in [1.54, 1.807) is 17.4 Å². The number of nitrogens with one attached hydrogen (secondary N) is 1. The van der Waals surface area contributed by atoms with Crippen molar-refractivity contribution in [2.45, 2.75) is 29.8 Å². The quantitative estimate of drug-likeness (QED) is 0.649. The molecule has 7 heteroatoms. The highest BCUT2D eigenvalue weighted by molar-refractivity contribution is 7.12. The molecule has 0 aliphatic carbocycles. The van der Waals surface area contributed by atoms with Crippen molar-refractivity contribution in [1.82, 2.24) is 5.32 Å². The number of hydrogen-bond acceptors (Lipinski definition) is 2. The summed E-state index contributed by atoms with van der Waals surface area (Å²) in [7, 11) is 0. The lowest BCUT2D eigenvalue weighted by Crippen LogP contribution is -2.99. The van der Waals surface area contributed by atoms with Crippen LogP contribution in [-0.2, 0) is 0 Å². The average molecular weight is 317 g/mol. The topological polar surface area (TPSA) is 45.7 Å². The second-order valence-corrected chi connectivity index (χ2v) is 7.22. The number of carbonyl (C=O) groups excluding carboxylic acids is 1. The van der Waals surface area contributed by atoms with Crippen LogP contribution in [0.1, 0.15) is 23.5 Å². The van der Waals surface area contributed by atoms with E-state index in [2.05, 4.69) is 5.32 Å². The maximum atomic E-state index is 11.8. The van der Waals surface area contributed by atoms with Gasteiger partial charge in [-0.25, -0.2) is 0 Å². The SMILES string of the molecule is CC(C)[NH2+][C@@H](NC(=O)c1cccs1)C(Cl)(Cl)Cl. The van der Waals surface area contributed by atoms with E-state index in [1.807, 2.05) is 19.2 Å². The molecule has 1 aromatic rings. The van der Waals surface area contributed by atoms with E-state index in [-0.39, 0.29) is 11.9 Å². The fraction of sp³-hybridized carbons (Fsp3) is 0.500. The molecule has 96 valence electrons. The van der Waals surface area contributed by atoms with Crippen LogP contribution in [0, 0.1) is 0 Å². The Morgan fingerprint density at radius 2 is 2.12 bits per heavy atom. The molecule has 0 aliphatic rings. The average Bonchev–Trinajstić information content (AvgIpc) is 2.66. The van der Waals surface area contributed by atoms with E-state index in [9.17, 15) is 4.79 Å². The number of rotatable bonds is 4. The molecule has 3 N–H and O–H groups in total. The Kier molecular flexibility index (Phi) is 5.54. The summed E-state index contributed by atoms with van der Waals surface area (Å²) in [5, 5.41) is 6.34. The summed E-state index contributed by atoms with van der Waals surface area (Å²) in [6, 6.07) is 3.74. The minimum atomic E-state index is -1.54. The molecule has 0 bridgehead atoms. The van der Waals surface area contributed by atoms with Crippen LogP contribution in [0.15, 0.2) is 17.5 Å². The van der Waals surface area contributed by atoms with E-state index >= 15 is 0 Å². The molecule has 1 heterocycles. The Balaban J connectivity index is 2.70. The summed E-state index contributed by atoms with van der Waals surface area (Å²) in [6.07, 6.45) is -0.609. The number of thiophene rings is 1. The van der Waals surface area contributed by atoms with E-state index in [0.717, 1.165) is 0 Å². The van der Waals surface area contributed by atoms with Gasteiger partial charge in [0.15, 0.2) is 0 Å². The molecule has 1 aromatic heterocycles. The van der Waals surface area contributed by atoms with Gasteiger partial charge in [0.05, 0.1) is 10.9 Å². The zero-order valence-corrected chi connectivity index (χ0v) is 12.5. The van der Waals surface area contributed by atoms with Crippen LogP contribution >= 0.6 is 46.1 Å². The number of halogens is 3. The van der Waals surface area contributed by atoms with Gasteiger partial charge < -0.3 is 5.32 Å². The van der Waals surface area contributed by atoms with Gasteiger partial charge in [-0.3, -0.25) is 10.1 Å². The van der Waals surface area contributed by atoms with Crippen LogP contribution in [0.3, 0.4) is 0 Å². The van der Waals surface area contributed by atoms with Gasteiger partial charge in [-0.1, -0.05) is 40.9 Å². The van der Waals surface area contributed by atoms with Crippen LogP contribution < -0.4 is 10.6 Å². The van der Waals surface area contributed by atoms with Gasteiger partial charge in [0.25, 0.3) is 9.70 Å². The molecule has 0 fully saturated rings. The second kappa shape index (κ2) is 6.25. The molecule has 0 spiro atoms. The molecule has 17 heavy (non-hydrogen) atoms. The van der Waals surface area contributed by atoms with Gasteiger partial charge in [0, 0.05) is 0 Å². The molecule has 1 rings (SSSR count). The number of hydrogen-bond donors (Lipinski definition) is 2. The standard InChI is InChI=1S/C10H13Cl3N2OS/c1-6(2)14-9(10(11,12)13)15-8(16)7-4-3-5-17-7/h3-6,9,14H,1-2H3,(H,15,16)/p+1/t9-/m0/s1. The van der Waals surface area contributed by atoms with Gasteiger partial charge in [-0.2, -0.15) is 0 Å². The van der Waals surface area contributed by atoms with Gasteiger partial charge in [-0.15, -0.1) is 11.3 Å². The van der Waals surface area contributed by atoms with E-state index < -0.39 is 9.96 Å². The highest BCUT2D eigenvalue weighted by atomic mass is 35.6. The maximum Gasteiger partial charge on any atom is 0.265 e. The Morgan fingerprint density at radius 3 is 2.53 bits per heavy atom.